The number of hydrogen-bond acceptors (Lipinski definition) is 7. The van der Waals surface area contributed by atoms with E-state index in [4.69, 9.17) is 20.6 Å². The molecule has 1 fully saturated rings. The van der Waals surface area contributed by atoms with Crippen LogP contribution in [-0.2, 0) is 21.4 Å². The van der Waals surface area contributed by atoms with E-state index >= 15 is 0 Å². The molecule has 2 aromatic heterocycles. The molecule has 3 N–H and O–H groups in total. The van der Waals surface area contributed by atoms with E-state index in [1.807, 2.05) is 72.1 Å². The first-order chi connectivity index (χ1) is 18.9. The summed E-state index contributed by atoms with van der Waals surface area (Å²) in [5, 5.41) is 7.77. The van der Waals surface area contributed by atoms with Gasteiger partial charge in [-0.3, -0.25) is 4.79 Å². The lowest BCUT2D eigenvalue weighted by molar-refractivity contribution is -0.137. The minimum absolute atomic E-state index is 0.0111. The van der Waals surface area contributed by atoms with Gasteiger partial charge >= 0.3 is 6.09 Å². The van der Waals surface area contributed by atoms with Crippen molar-refractivity contribution in [1.82, 2.24) is 24.8 Å². The van der Waals surface area contributed by atoms with E-state index < -0.39 is 17.1 Å². The zero-order valence-corrected chi connectivity index (χ0v) is 24.4. The van der Waals surface area contributed by atoms with Gasteiger partial charge in [-0.2, -0.15) is 5.10 Å². The molecule has 0 radical (unpaired) electrons. The Morgan fingerprint density at radius 3 is 2.77 bits per heavy atom. The summed E-state index contributed by atoms with van der Waals surface area (Å²) >= 11 is 0. The maximum atomic E-state index is 13.9. The molecule has 3 aromatic rings. The Labute approximate surface area is 235 Å². The lowest BCUT2D eigenvalue weighted by Gasteiger charge is -2.35. The summed E-state index contributed by atoms with van der Waals surface area (Å²) in [7, 11) is 1.83. The molecule has 40 heavy (non-hydrogen) atoms. The van der Waals surface area contributed by atoms with E-state index in [9.17, 15) is 9.59 Å². The second-order valence-electron chi connectivity index (χ2n) is 12.2. The molecule has 1 saturated heterocycles. The average molecular weight is 548 g/mol. The molecule has 2 amide bonds. The Balaban J connectivity index is 1.32. The number of aromatic nitrogens is 3. The van der Waals surface area contributed by atoms with Crippen LogP contribution in [-0.4, -0.2) is 69.8 Å². The van der Waals surface area contributed by atoms with Crippen LogP contribution in [0.3, 0.4) is 0 Å². The first kappa shape index (κ1) is 27.9. The minimum atomic E-state index is -0.708. The number of benzene rings is 1. The Bertz CT molecular complexity index is 1430. The third-order valence-corrected chi connectivity index (χ3v) is 8.27. The molecular weight excluding hydrogens is 506 g/mol. The molecule has 0 spiro atoms. The molecule has 5 rings (SSSR count). The average Bonchev–Trinajstić information content (AvgIpc) is 3.63. The number of carbonyl (C=O) groups excluding carboxylic acids is 2. The van der Waals surface area contributed by atoms with Crippen molar-refractivity contribution in [3.63, 3.8) is 0 Å². The lowest BCUT2D eigenvalue weighted by atomic mass is 9.80. The van der Waals surface area contributed by atoms with Crippen LogP contribution < -0.4 is 16.0 Å². The predicted octanol–water partition coefficient (Wildman–Crippen LogP) is 3.50. The quantitative estimate of drug-likeness (QED) is 0.485. The maximum absolute atomic E-state index is 13.9. The van der Waals surface area contributed by atoms with E-state index in [-0.39, 0.29) is 24.5 Å². The van der Waals surface area contributed by atoms with Gasteiger partial charge in [0.05, 0.1) is 23.2 Å². The zero-order valence-electron chi connectivity index (χ0n) is 24.4. The van der Waals surface area contributed by atoms with E-state index in [0.717, 1.165) is 42.0 Å². The van der Waals surface area contributed by atoms with Crippen molar-refractivity contribution in [3.8, 4) is 0 Å². The molecule has 1 aliphatic carbocycles. The molecule has 1 aromatic carbocycles. The number of fused-ring (bicyclic) bond motifs is 2. The third kappa shape index (κ3) is 5.12. The Kier molecular flexibility index (Phi) is 7.24. The number of nitrogens with one attached hydrogen (secondary N) is 1. The van der Waals surface area contributed by atoms with Crippen LogP contribution in [0.4, 0.5) is 10.6 Å². The topological polar surface area (TPSA) is 118 Å². The van der Waals surface area contributed by atoms with Crippen LogP contribution in [0.1, 0.15) is 69.0 Å². The molecule has 1 aliphatic heterocycles. The highest BCUT2D eigenvalue weighted by Gasteiger charge is 2.46. The second-order valence-corrected chi connectivity index (χ2v) is 12.2. The van der Waals surface area contributed by atoms with E-state index in [1.165, 1.54) is 5.56 Å². The number of carbonyl (C=O) groups is 2. The second kappa shape index (κ2) is 10.4. The summed E-state index contributed by atoms with van der Waals surface area (Å²) in [5.74, 6) is 0.893. The van der Waals surface area contributed by atoms with E-state index in [1.54, 1.807) is 9.42 Å². The fourth-order valence-electron chi connectivity index (χ4n) is 6.01. The van der Waals surface area contributed by atoms with Gasteiger partial charge in [-0.05, 0) is 65.0 Å². The van der Waals surface area contributed by atoms with Gasteiger partial charge in [0.1, 0.15) is 11.4 Å². The number of ether oxygens (including phenoxy) is 1. The molecule has 214 valence electrons. The summed E-state index contributed by atoms with van der Waals surface area (Å²) < 4.78 is 7.19. The summed E-state index contributed by atoms with van der Waals surface area (Å²) in [6.45, 7) is 11.3. The Morgan fingerprint density at radius 2 is 2.05 bits per heavy atom. The molecule has 3 atom stereocenters. The van der Waals surface area contributed by atoms with Crippen molar-refractivity contribution in [3.05, 3.63) is 58.9 Å². The molecule has 2 aliphatic rings. The molecule has 0 bridgehead atoms. The maximum Gasteiger partial charge on any atom is 0.407 e. The van der Waals surface area contributed by atoms with Crippen molar-refractivity contribution in [1.29, 1.82) is 0 Å². The number of anilines is 1. The highest BCUT2D eigenvalue weighted by molar-refractivity contribution is 5.90. The van der Waals surface area contributed by atoms with Gasteiger partial charge in [0.15, 0.2) is 5.65 Å². The van der Waals surface area contributed by atoms with Crippen LogP contribution in [0.2, 0.25) is 0 Å². The summed E-state index contributed by atoms with van der Waals surface area (Å²) in [4.78, 5) is 35.0. The first-order valence-corrected chi connectivity index (χ1v) is 14.1. The zero-order chi connectivity index (χ0) is 28.8. The van der Waals surface area contributed by atoms with Crippen molar-refractivity contribution < 1.29 is 14.3 Å². The number of amides is 2. The number of likely N-dealkylation sites (N-methyl/N-ethyl adjacent to an activating group) is 1. The molecule has 0 saturated carbocycles. The summed E-state index contributed by atoms with van der Waals surface area (Å²) in [5.41, 5.74) is 9.74. The van der Waals surface area contributed by atoms with E-state index in [2.05, 4.69) is 16.3 Å². The van der Waals surface area contributed by atoms with Gasteiger partial charge in [0.2, 0.25) is 5.91 Å². The van der Waals surface area contributed by atoms with E-state index in [0.29, 0.717) is 18.6 Å². The molecular formula is C30H41N7O3. The van der Waals surface area contributed by atoms with Crippen LogP contribution in [0.15, 0.2) is 36.5 Å². The number of hydrogen-bond donors (Lipinski definition) is 2. The van der Waals surface area contributed by atoms with Gasteiger partial charge in [-0.25, -0.2) is 14.3 Å². The van der Waals surface area contributed by atoms with Gasteiger partial charge in [0.25, 0.3) is 0 Å². The first-order valence-electron chi connectivity index (χ1n) is 14.1. The van der Waals surface area contributed by atoms with Crippen molar-refractivity contribution in [2.24, 2.45) is 5.73 Å². The monoisotopic (exact) mass is 547 g/mol. The molecule has 10 nitrogen and oxygen atoms in total. The highest BCUT2D eigenvalue weighted by atomic mass is 16.6. The normalized spacial score (nSPS) is 21.4. The fourth-order valence-corrected chi connectivity index (χ4v) is 6.01. The van der Waals surface area contributed by atoms with Crippen LogP contribution >= 0.6 is 0 Å². The highest BCUT2D eigenvalue weighted by Crippen LogP contribution is 2.41. The van der Waals surface area contributed by atoms with Crippen LogP contribution in [0.25, 0.3) is 5.65 Å². The van der Waals surface area contributed by atoms with Gasteiger partial charge in [0, 0.05) is 44.5 Å². The minimum Gasteiger partial charge on any atom is -0.444 e. The van der Waals surface area contributed by atoms with Gasteiger partial charge in [-0.1, -0.05) is 24.3 Å². The van der Waals surface area contributed by atoms with Crippen molar-refractivity contribution >= 4 is 23.5 Å². The standard InChI is InChI=1S/C30H41N7O3/c1-19-16-37-25(33-26(19)36-14-12-22(17-36)32-28(39)40-29(3,4)5)15-24(34-37)20(2)35(6)27(38)30(18-31)13-11-21-9-7-8-10-23(21)30/h7-10,15-16,20,22H,11-14,17-18,31H2,1-6H3,(H,32,39)/t20-,22-,30?/m0/s1. The SMILES string of the molecule is Cc1cn2nc([C@H](C)N(C)C(=O)C3(CN)CCc4ccccc43)cc2nc1N1CC[C@H](NC(=O)OC(C)(C)C)C1. The molecule has 1 unspecified atom stereocenters. The molecule has 10 heteroatoms. The Hall–Kier alpha value is -3.66. The van der Waals surface area contributed by atoms with Gasteiger partial charge < -0.3 is 25.6 Å². The fraction of sp³-hybridized carbons (Fsp3) is 0.533. The number of nitrogens with zero attached hydrogens (tertiary/aromatic N) is 5. The van der Waals surface area contributed by atoms with Crippen LogP contribution in [0, 0.1) is 6.92 Å². The summed E-state index contributed by atoms with van der Waals surface area (Å²) in [6, 6.07) is 9.80. The number of rotatable bonds is 6. The Morgan fingerprint density at radius 1 is 1.30 bits per heavy atom. The van der Waals surface area contributed by atoms with Gasteiger partial charge in [-0.15, -0.1) is 0 Å². The summed E-state index contributed by atoms with van der Waals surface area (Å²) in [6.07, 6.45) is 3.95. The number of nitrogens with two attached hydrogens (primary N) is 1. The van der Waals surface area contributed by atoms with Crippen molar-refractivity contribution in [2.75, 3.05) is 31.6 Å². The number of aryl methyl sites for hydroxylation is 2. The smallest absolute Gasteiger partial charge is 0.407 e. The molecule has 3 heterocycles. The third-order valence-electron chi connectivity index (χ3n) is 8.27. The van der Waals surface area contributed by atoms with Crippen molar-refractivity contribution in [2.45, 2.75) is 77.0 Å². The predicted molar refractivity (Wildman–Crippen MR) is 154 cm³/mol. The van der Waals surface area contributed by atoms with Crippen LogP contribution in [0.5, 0.6) is 0 Å². The lowest BCUT2D eigenvalue weighted by Crippen LogP contribution is -2.49. The number of alkyl carbamates (subject to hydrolysis) is 1. The largest absolute Gasteiger partial charge is 0.444 e.